The highest BCUT2D eigenvalue weighted by Gasteiger charge is 2.22. The molecule has 0 heterocycles. The lowest BCUT2D eigenvalue weighted by Crippen LogP contribution is -2.32. The van der Waals surface area contributed by atoms with E-state index in [-0.39, 0.29) is 5.92 Å². The van der Waals surface area contributed by atoms with Crippen LogP contribution in [0.4, 0.5) is 0 Å². The van der Waals surface area contributed by atoms with Gasteiger partial charge in [0.2, 0.25) is 0 Å². The summed E-state index contributed by atoms with van der Waals surface area (Å²) in [7, 11) is 0. The van der Waals surface area contributed by atoms with Crippen LogP contribution in [-0.2, 0) is 0 Å². The Hall–Kier alpha value is -0.0800. The quantitative estimate of drug-likeness (QED) is 0.686. The summed E-state index contributed by atoms with van der Waals surface area (Å²) in [5, 5.41) is 20.0. The summed E-state index contributed by atoms with van der Waals surface area (Å²) in [5.74, 6) is 0.241. The fourth-order valence-corrected chi connectivity index (χ4v) is 2.95. The lowest BCUT2D eigenvalue weighted by Gasteiger charge is -2.24. The Balaban J connectivity index is 2.33. The van der Waals surface area contributed by atoms with E-state index < -0.39 is 12.2 Å². The molecule has 0 radical (unpaired) electrons. The molecule has 1 saturated carbocycles. The van der Waals surface area contributed by atoms with Gasteiger partial charge in [-0.25, -0.2) is 0 Å². The maximum atomic E-state index is 10.1. The van der Waals surface area contributed by atoms with Crippen LogP contribution >= 0.6 is 0 Å². The third-order valence-corrected chi connectivity index (χ3v) is 4.39. The highest BCUT2D eigenvalue weighted by atomic mass is 16.3. The molecular weight excluding hydrogens is 224 g/mol. The van der Waals surface area contributed by atoms with Crippen LogP contribution in [0.25, 0.3) is 0 Å². The molecule has 1 fully saturated rings. The third kappa shape index (κ3) is 6.75. The van der Waals surface area contributed by atoms with Crippen molar-refractivity contribution in [2.45, 2.75) is 96.2 Å². The summed E-state index contributed by atoms with van der Waals surface area (Å²) < 4.78 is 0. The maximum absolute atomic E-state index is 10.1. The molecule has 108 valence electrons. The van der Waals surface area contributed by atoms with Crippen LogP contribution in [0.3, 0.4) is 0 Å². The summed E-state index contributed by atoms with van der Waals surface area (Å²) in [5.41, 5.74) is 0. The number of hydrogen-bond donors (Lipinski definition) is 2. The monoisotopic (exact) mass is 256 g/mol. The van der Waals surface area contributed by atoms with Gasteiger partial charge in [-0.2, -0.15) is 0 Å². The molecule has 0 aromatic heterocycles. The average Bonchev–Trinajstić information content (AvgIpc) is 2.38. The maximum Gasteiger partial charge on any atom is 0.0824 e. The second-order valence-corrected chi connectivity index (χ2v) is 6.15. The first-order valence-electron chi connectivity index (χ1n) is 8.08. The van der Waals surface area contributed by atoms with Crippen LogP contribution in [0.5, 0.6) is 0 Å². The summed E-state index contributed by atoms with van der Waals surface area (Å²) in [4.78, 5) is 0. The van der Waals surface area contributed by atoms with Crippen molar-refractivity contribution in [2.24, 2.45) is 5.92 Å². The van der Waals surface area contributed by atoms with Crippen molar-refractivity contribution >= 4 is 0 Å². The highest BCUT2D eigenvalue weighted by Crippen LogP contribution is 2.21. The highest BCUT2D eigenvalue weighted by molar-refractivity contribution is 4.73. The third-order valence-electron chi connectivity index (χ3n) is 4.39. The van der Waals surface area contributed by atoms with E-state index in [2.05, 4.69) is 6.92 Å². The molecule has 3 unspecified atom stereocenters. The Kier molecular flexibility index (Phi) is 8.70. The Morgan fingerprint density at radius 3 is 1.50 bits per heavy atom. The SMILES string of the molecule is CC1CCCCCCCCCCCCC(O)C1O. The Bertz CT molecular complexity index is 174. The minimum Gasteiger partial charge on any atom is -0.390 e. The van der Waals surface area contributed by atoms with Gasteiger partial charge in [-0.15, -0.1) is 0 Å². The van der Waals surface area contributed by atoms with Crippen LogP contribution in [0.1, 0.15) is 84.0 Å². The van der Waals surface area contributed by atoms with Crippen molar-refractivity contribution in [2.75, 3.05) is 0 Å². The molecule has 2 heteroatoms. The molecule has 1 aliphatic carbocycles. The number of aliphatic hydroxyl groups is 2. The minimum atomic E-state index is -0.518. The molecule has 0 aromatic rings. The standard InChI is InChI=1S/C16H32O2/c1-14-12-10-8-6-4-2-3-5-7-9-11-13-15(17)16(14)18/h14-18H,2-13H2,1H3. The molecule has 18 heavy (non-hydrogen) atoms. The lowest BCUT2D eigenvalue weighted by molar-refractivity contribution is -0.0201. The van der Waals surface area contributed by atoms with Crippen molar-refractivity contribution < 1.29 is 10.2 Å². The van der Waals surface area contributed by atoms with E-state index in [1.54, 1.807) is 0 Å². The van der Waals surface area contributed by atoms with Crippen LogP contribution in [0.2, 0.25) is 0 Å². The lowest BCUT2D eigenvalue weighted by atomic mass is 9.91. The largest absolute Gasteiger partial charge is 0.390 e. The van der Waals surface area contributed by atoms with Crippen molar-refractivity contribution in [1.82, 2.24) is 0 Å². The molecule has 0 saturated heterocycles. The molecule has 2 nitrogen and oxygen atoms in total. The molecule has 0 aromatic carbocycles. The molecule has 2 N–H and O–H groups in total. The number of aliphatic hydroxyl groups excluding tert-OH is 2. The van der Waals surface area contributed by atoms with Gasteiger partial charge in [0.15, 0.2) is 0 Å². The van der Waals surface area contributed by atoms with Crippen molar-refractivity contribution in [3.05, 3.63) is 0 Å². The zero-order valence-corrected chi connectivity index (χ0v) is 12.1. The Morgan fingerprint density at radius 2 is 1.00 bits per heavy atom. The molecule has 1 rings (SSSR count). The van der Waals surface area contributed by atoms with Crippen molar-refractivity contribution in [3.8, 4) is 0 Å². The summed E-state index contributed by atoms with van der Waals surface area (Å²) in [6.45, 7) is 2.08. The topological polar surface area (TPSA) is 40.5 Å². The molecule has 1 aliphatic rings. The van der Waals surface area contributed by atoms with Gasteiger partial charge in [0.1, 0.15) is 0 Å². The van der Waals surface area contributed by atoms with Crippen LogP contribution in [0, 0.1) is 5.92 Å². The van der Waals surface area contributed by atoms with E-state index in [4.69, 9.17) is 0 Å². The fraction of sp³-hybridized carbons (Fsp3) is 1.00. The van der Waals surface area contributed by atoms with Crippen LogP contribution < -0.4 is 0 Å². The molecule has 0 spiro atoms. The molecule has 0 aliphatic heterocycles. The van der Waals surface area contributed by atoms with Crippen LogP contribution in [0.15, 0.2) is 0 Å². The predicted octanol–water partition coefficient (Wildman–Crippen LogP) is 4.04. The zero-order chi connectivity index (χ0) is 13.2. The normalized spacial score (nSPS) is 34.5. The zero-order valence-electron chi connectivity index (χ0n) is 12.1. The molecule has 0 amide bonds. The van der Waals surface area contributed by atoms with Gasteiger partial charge in [-0.05, 0) is 18.8 Å². The number of rotatable bonds is 0. The Labute approximate surface area is 113 Å². The summed E-state index contributed by atoms with van der Waals surface area (Å²) in [6, 6.07) is 0. The van der Waals surface area contributed by atoms with E-state index in [1.807, 2.05) is 0 Å². The summed E-state index contributed by atoms with van der Waals surface area (Å²) >= 11 is 0. The van der Waals surface area contributed by atoms with E-state index in [0.717, 1.165) is 19.3 Å². The van der Waals surface area contributed by atoms with E-state index in [1.165, 1.54) is 57.8 Å². The first-order chi connectivity index (χ1) is 8.72. The first-order valence-corrected chi connectivity index (χ1v) is 8.08. The molecule has 3 atom stereocenters. The minimum absolute atomic E-state index is 0.241. The number of hydrogen-bond acceptors (Lipinski definition) is 2. The van der Waals surface area contributed by atoms with Gasteiger partial charge in [0, 0.05) is 0 Å². The van der Waals surface area contributed by atoms with Gasteiger partial charge < -0.3 is 10.2 Å². The van der Waals surface area contributed by atoms with Gasteiger partial charge in [0.05, 0.1) is 12.2 Å². The van der Waals surface area contributed by atoms with Crippen molar-refractivity contribution in [1.29, 1.82) is 0 Å². The second-order valence-electron chi connectivity index (χ2n) is 6.15. The van der Waals surface area contributed by atoms with Gasteiger partial charge in [0.25, 0.3) is 0 Å². The molecular formula is C16H32O2. The van der Waals surface area contributed by atoms with Crippen molar-refractivity contribution in [3.63, 3.8) is 0 Å². The van der Waals surface area contributed by atoms with E-state index in [9.17, 15) is 10.2 Å². The van der Waals surface area contributed by atoms with E-state index in [0.29, 0.717) is 0 Å². The predicted molar refractivity (Wildman–Crippen MR) is 76.6 cm³/mol. The van der Waals surface area contributed by atoms with Gasteiger partial charge >= 0.3 is 0 Å². The summed E-state index contributed by atoms with van der Waals surface area (Å²) in [6.07, 6.45) is 13.7. The smallest absolute Gasteiger partial charge is 0.0824 e. The van der Waals surface area contributed by atoms with Gasteiger partial charge in [-0.3, -0.25) is 0 Å². The fourth-order valence-electron chi connectivity index (χ4n) is 2.95. The van der Waals surface area contributed by atoms with Gasteiger partial charge in [-0.1, -0.05) is 71.1 Å². The van der Waals surface area contributed by atoms with Crippen LogP contribution in [-0.4, -0.2) is 22.4 Å². The van der Waals surface area contributed by atoms with E-state index >= 15 is 0 Å². The first kappa shape index (κ1) is 16.0. The molecule has 0 bridgehead atoms. The Morgan fingerprint density at radius 1 is 0.611 bits per heavy atom. The average molecular weight is 256 g/mol. The second kappa shape index (κ2) is 9.80.